The third-order valence-corrected chi connectivity index (χ3v) is 6.96. The molecule has 1 aliphatic rings. The van der Waals surface area contributed by atoms with E-state index in [1.165, 1.54) is 0 Å². The summed E-state index contributed by atoms with van der Waals surface area (Å²) in [5.74, 6) is -0.193. The van der Waals surface area contributed by atoms with E-state index in [-0.39, 0.29) is 11.8 Å². The Morgan fingerprint density at radius 1 is 1.17 bits per heavy atom. The van der Waals surface area contributed by atoms with Crippen LogP contribution in [0.5, 0.6) is 0 Å². The van der Waals surface area contributed by atoms with E-state index in [1.54, 1.807) is 36.2 Å². The highest BCUT2D eigenvalue weighted by Gasteiger charge is 2.40. The molecule has 1 aliphatic heterocycles. The number of rotatable bonds is 4. The smallest absolute Gasteiger partial charge is 0.397 e. The van der Waals surface area contributed by atoms with Gasteiger partial charge in [-0.05, 0) is 46.8 Å². The SMILES string of the molecule is C[P+]1(O)OCC(c2ccc(C(=O)Nc3cc(-c4cccs4)ccc3N)cc2)CO1. The maximum atomic E-state index is 12.7. The zero-order valence-electron chi connectivity index (χ0n) is 15.9. The van der Waals surface area contributed by atoms with Crippen LogP contribution < -0.4 is 11.1 Å². The summed E-state index contributed by atoms with van der Waals surface area (Å²) >= 11 is 1.63. The fourth-order valence-electron chi connectivity index (χ4n) is 3.10. The summed E-state index contributed by atoms with van der Waals surface area (Å²) in [6.07, 6.45) is 0. The minimum absolute atomic E-state index is 0.0328. The number of hydrogen-bond acceptors (Lipinski definition) is 6. The third-order valence-electron chi connectivity index (χ3n) is 4.78. The van der Waals surface area contributed by atoms with E-state index in [4.69, 9.17) is 14.8 Å². The molecule has 0 aliphatic carbocycles. The fourth-order valence-corrected chi connectivity index (χ4v) is 4.81. The lowest BCUT2D eigenvalue weighted by Crippen LogP contribution is -2.21. The highest BCUT2D eigenvalue weighted by atomic mass is 32.1. The first-order valence-corrected chi connectivity index (χ1v) is 12.0. The molecule has 29 heavy (non-hydrogen) atoms. The van der Waals surface area contributed by atoms with Crippen LogP contribution in [0.2, 0.25) is 0 Å². The van der Waals surface area contributed by atoms with Crippen molar-refractivity contribution in [2.45, 2.75) is 5.92 Å². The summed E-state index contributed by atoms with van der Waals surface area (Å²) < 4.78 is 10.8. The van der Waals surface area contributed by atoms with Crippen molar-refractivity contribution in [3.8, 4) is 10.4 Å². The van der Waals surface area contributed by atoms with E-state index >= 15 is 0 Å². The lowest BCUT2D eigenvalue weighted by molar-refractivity contribution is 0.102. The maximum Gasteiger partial charge on any atom is 0.405 e. The Morgan fingerprint density at radius 2 is 1.90 bits per heavy atom. The van der Waals surface area contributed by atoms with Crippen LogP contribution in [0.3, 0.4) is 0 Å². The Morgan fingerprint density at radius 3 is 2.55 bits per heavy atom. The molecule has 0 saturated carbocycles. The zero-order valence-corrected chi connectivity index (χ0v) is 17.6. The van der Waals surface area contributed by atoms with Gasteiger partial charge in [-0.1, -0.05) is 24.3 Å². The first kappa shape index (κ1) is 20.0. The predicted octanol–water partition coefficient (Wildman–Crippen LogP) is 4.76. The second-order valence-corrected chi connectivity index (χ2v) is 10.0. The van der Waals surface area contributed by atoms with Crippen molar-refractivity contribution in [2.75, 3.05) is 30.9 Å². The normalized spacial score (nSPS) is 21.7. The number of carbonyl (C=O) groups excluding carboxylic acids is 1. The molecule has 2 aromatic carbocycles. The number of hydrogen-bond donors (Lipinski definition) is 3. The summed E-state index contributed by atoms with van der Waals surface area (Å²) in [6, 6.07) is 17.0. The van der Waals surface area contributed by atoms with Crippen LogP contribution >= 0.6 is 19.3 Å². The highest BCUT2D eigenvalue weighted by Crippen LogP contribution is 2.56. The van der Waals surface area contributed by atoms with E-state index < -0.39 is 7.94 Å². The Bertz CT molecular complexity index is 996. The fraction of sp³-hybridized carbons (Fsp3) is 0.190. The van der Waals surface area contributed by atoms with Crippen molar-refractivity contribution < 1.29 is 18.7 Å². The van der Waals surface area contributed by atoms with Crippen LogP contribution in [0.25, 0.3) is 10.4 Å². The average molecular weight is 429 g/mol. The van der Waals surface area contributed by atoms with Crippen molar-refractivity contribution in [1.82, 2.24) is 0 Å². The number of anilines is 2. The number of amides is 1. The molecule has 0 bridgehead atoms. The molecular formula is C21H22N2O4PS+. The van der Waals surface area contributed by atoms with Gasteiger partial charge in [-0.3, -0.25) is 4.79 Å². The van der Waals surface area contributed by atoms with Crippen LogP contribution in [0.4, 0.5) is 11.4 Å². The summed E-state index contributed by atoms with van der Waals surface area (Å²) in [5, 5.41) is 4.91. The molecule has 1 amide bonds. The number of nitrogen functional groups attached to an aromatic ring is 1. The monoisotopic (exact) mass is 429 g/mol. The van der Waals surface area contributed by atoms with Gasteiger partial charge in [0.2, 0.25) is 0 Å². The van der Waals surface area contributed by atoms with Gasteiger partial charge in [0.15, 0.2) is 0 Å². The van der Waals surface area contributed by atoms with Crippen molar-refractivity contribution in [3.63, 3.8) is 0 Å². The second kappa shape index (κ2) is 8.22. The van der Waals surface area contributed by atoms with Crippen LogP contribution in [-0.4, -0.2) is 30.7 Å². The van der Waals surface area contributed by atoms with E-state index in [9.17, 15) is 9.69 Å². The van der Waals surface area contributed by atoms with Crippen LogP contribution in [0.15, 0.2) is 60.0 Å². The van der Waals surface area contributed by atoms with Crippen molar-refractivity contribution in [3.05, 3.63) is 71.1 Å². The zero-order chi connectivity index (χ0) is 20.4. The lowest BCUT2D eigenvalue weighted by atomic mass is 9.99. The molecular weight excluding hydrogens is 407 g/mol. The van der Waals surface area contributed by atoms with Crippen molar-refractivity contribution in [2.24, 2.45) is 0 Å². The standard InChI is InChI=1S/C21H21N2O4PS/c1-28(25)26-12-17(13-27-28)14-4-6-15(7-5-14)21(24)23-19-11-16(8-9-18(19)22)20-3-2-10-29-20/h2-11,17,25H,12-13,22H2,1H3/p+1. The molecule has 3 aromatic rings. The summed E-state index contributed by atoms with van der Waals surface area (Å²) in [4.78, 5) is 23.6. The average Bonchev–Trinajstić information content (AvgIpc) is 3.25. The lowest BCUT2D eigenvalue weighted by Gasteiger charge is -2.24. The van der Waals surface area contributed by atoms with Crippen LogP contribution in [-0.2, 0) is 9.05 Å². The Kier molecular flexibility index (Phi) is 5.67. The van der Waals surface area contributed by atoms with Gasteiger partial charge in [-0.15, -0.1) is 11.3 Å². The van der Waals surface area contributed by atoms with Gasteiger partial charge >= 0.3 is 7.94 Å². The summed E-state index contributed by atoms with van der Waals surface area (Å²) in [7, 11) is -2.66. The molecule has 4 N–H and O–H groups in total. The number of nitrogens with one attached hydrogen (secondary N) is 1. The van der Waals surface area contributed by atoms with Gasteiger partial charge in [0.25, 0.3) is 5.91 Å². The number of thiophene rings is 1. The van der Waals surface area contributed by atoms with Gasteiger partial charge in [0, 0.05) is 16.4 Å². The highest BCUT2D eigenvalue weighted by molar-refractivity contribution is 7.59. The molecule has 0 atom stereocenters. The number of benzene rings is 2. The molecule has 0 unspecified atom stereocenters. The van der Waals surface area contributed by atoms with Gasteiger partial charge in [0.05, 0.1) is 11.4 Å². The molecule has 0 spiro atoms. The molecule has 8 heteroatoms. The van der Waals surface area contributed by atoms with Crippen molar-refractivity contribution >= 4 is 36.6 Å². The first-order chi connectivity index (χ1) is 13.9. The molecule has 2 heterocycles. The molecule has 4 rings (SSSR count). The molecule has 150 valence electrons. The molecule has 1 aromatic heterocycles. The Labute approximate surface area is 173 Å². The van der Waals surface area contributed by atoms with Gasteiger partial charge < -0.3 is 11.1 Å². The summed E-state index contributed by atoms with van der Waals surface area (Å²) in [5.41, 5.74) is 9.70. The molecule has 0 radical (unpaired) electrons. The quantitative estimate of drug-likeness (QED) is 0.411. The largest absolute Gasteiger partial charge is 0.405 e. The first-order valence-electron chi connectivity index (χ1n) is 9.14. The molecule has 1 saturated heterocycles. The third kappa shape index (κ3) is 4.66. The minimum Gasteiger partial charge on any atom is -0.397 e. The van der Waals surface area contributed by atoms with E-state index in [0.29, 0.717) is 30.2 Å². The number of nitrogens with two attached hydrogens (primary N) is 1. The van der Waals surface area contributed by atoms with E-state index in [0.717, 1.165) is 16.0 Å². The minimum atomic E-state index is -2.66. The maximum absolute atomic E-state index is 12.7. The molecule has 6 nitrogen and oxygen atoms in total. The van der Waals surface area contributed by atoms with Crippen LogP contribution in [0.1, 0.15) is 21.8 Å². The van der Waals surface area contributed by atoms with Crippen molar-refractivity contribution in [1.29, 1.82) is 0 Å². The van der Waals surface area contributed by atoms with Gasteiger partial charge in [-0.2, -0.15) is 13.9 Å². The molecule has 1 fully saturated rings. The van der Waals surface area contributed by atoms with E-state index in [1.807, 2.05) is 41.8 Å². The number of carbonyl (C=O) groups is 1. The second-order valence-electron chi connectivity index (χ2n) is 6.95. The Hall–Kier alpha value is -2.28. The predicted molar refractivity (Wildman–Crippen MR) is 118 cm³/mol. The van der Waals surface area contributed by atoms with E-state index in [2.05, 4.69) is 5.32 Å². The summed E-state index contributed by atoms with van der Waals surface area (Å²) in [6.45, 7) is 2.38. The Balaban J connectivity index is 1.46. The van der Waals surface area contributed by atoms with Crippen LogP contribution in [0, 0.1) is 0 Å². The van der Waals surface area contributed by atoms with Gasteiger partial charge in [0.1, 0.15) is 19.9 Å². The van der Waals surface area contributed by atoms with Gasteiger partial charge in [-0.25, -0.2) is 0 Å². The topological polar surface area (TPSA) is 93.8 Å².